The molecule has 2 amide bonds. The van der Waals surface area contributed by atoms with Crippen LogP contribution in [0.15, 0.2) is 66.0 Å². The maximum atomic E-state index is 13.0. The number of benzene rings is 2. The number of piperidine rings is 1. The van der Waals surface area contributed by atoms with Crippen LogP contribution < -0.4 is 10.1 Å². The molecule has 1 N–H and O–H groups in total. The number of hydrogen-bond donors (Lipinski definition) is 1. The first-order valence-corrected chi connectivity index (χ1v) is 12.3. The monoisotopic (exact) mass is 462 g/mol. The minimum Gasteiger partial charge on any atom is -0.489 e. The van der Waals surface area contributed by atoms with Crippen LogP contribution in [-0.2, 0) is 17.8 Å². The third-order valence-corrected chi connectivity index (χ3v) is 6.91. The molecule has 1 saturated heterocycles. The van der Waals surface area contributed by atoms with Crippen LogP contribution in [0.2, 0.25) is 0 Å². The summed E-state index contributed by atoms with van der Waals surface area (Å²) < 4.78 is 5.92. The standard InChI is InChI=1S/C27H30N2O3S/c1-20-5-2-6-21(17-20)19-32-24-8-3-7-23(18-24)27(31)29-14-11-22(12-15-29)26(30)28-13-10-25-9-4-16-33-25/h2-9,16-18,22H,10-15,19H2,1H3,(H,28,30). The zero-order valence-corrected chi connectivity index (χ0v) is 19.8. The Bertz CT molecular complexity index is 1070. The second kappa shape index (κ2) is 11.1. The van der Waals surface area contributed by atoms with Crippen molar-refractivity contribution in [2.24, 2.45) is 5.92 Å². The van der Waals surface area contributed by atoms with Gasteiger partial charge in [0.2, 0.25) is 5.91 Å². The van der Waals surface area contributed by atoms with E-state index in [1.54, 1.807) is 11.3 Å². The van der Waals surface area contributed by atoms with Crippen molar-refractivity contribution in [2.45, 2.75) is 32.8 Å². The first-order valence-electron chi connectivity index (χ1n) is 11.5. The molecule has 0 atom stereocenters. The molecule has 2 heterocycles. The van der Waals surface area contributed by atoms with Gasteiger partial charge in [0.05, 0.1) is 0 Å². The Labute approximate surface area is 199 Å². The number of amides is 2. The lowest BCUT2D eigenvalue weighted by Crippen LogP contribution is -2.43. The lowest BCUT2D eigenvalue weighted by Gasteiger charge is -2.31. The third kappa shape index (κ3) is 6.45. The van der Waals surface area contributed by atoms with E-state index < -0.39 is 0 Å². The Morgan fingerprint density at radius 2 is 1.88 bits per heavy atom. The van der Waals surface area contributed by atoms with Crippen molar-refractivity contribution in [2.75, 3.05) is 19.6 Å². The fourth-order valence-corrected chi connectivity index (χ4v) is 4.83. The number of hydrogen-bond acceptors (Lipinski definition) is 4. The fraction of sp³-hybridized carbons (Fsp3) is 0.333. The predicted molar refractivity (Wildman–Crippen MR) is 132 cm³/mol. The normalized spacial score (nSPS) is 14.2. The first-order chi connectivity index (χ1) is 16.1. The van der Waals surface area contributed by atoms with Crippen LogP contribution in [0.3, 0.4) is 0 Å². The van der Waals surface area contributed by atoms with E-state index in [2.05, 4.69) is 35.8 Å². The van der Waals surface area contributed by atoms with Crippen LogP contribution in [0.1, 0.15) is 39.2 Å². The molecule has 3 aromatic rings. The number of ether oxygens (including phenoxy) is 1. The molecule has 0 spiro atoms. The summed E-state index contributed by atoms with van der Waals surface area (Å²) in [5.74, 6) is 0.751. The maximum Gasteiger partial charge on any atom is 0.253 e. The molecule has 0 bridgehead atoms. The summed E-state index contributed by atoms with van der Waals surface area (Å²) in [5.41, 5.74) is 2.91. The second-order valence-electron chi connectivity index (χ2n) is 8.49. The molecule has 1 aliphatic rings. The summed E-state index contributed by atoms with van der Waals surface area (Å²) in [6.07, 6.45) is 2.25. The van der Waals surface area contributed by atoms with Crippen LogP contribution in [0.4, 0.5) is 0 Å². The molecular weight excluding hydrogens is 432 g/mol. The van der Waals surface area contributed by atoms with Crippen LogP contribution in [0.25, 0.3) is 0 Å². The molecule has 0 aliphatic carbocycles. The molecule has 1 aliphatic heterocycles. The molecule has 33 heavy (non-hydrogen) atoms. The average molecular weight is 463 g/mol. The van der Waals surface area contributed by atoms with E-state index in [0.29, 0.717) is 50.4 Å². The molecule has 1 fully saturated rings. The van der Waals surface area contributed by atoms with Gasteiger partial charge in [0.25, 0.3) is 5.91 Å². The molecule has 0 radical (unpaired) electrons. The zero-order chi connectivity index (χ0) is 23.0. The van der Waals surface area contributed by atoms with Crippen molar-refractivity contribution < 1.29 is 14.3 Å². The van der Waals surface area contributed by atoms with Gasteiger partial charge >= 0.3 is 0 Å². The van der Waals surface area contributed by atoms with Gasteiger partial charge in [-0.1, -0.05) is 42.0 Å². The minimum absolute atomic E-state index is 0.00689. The Morgan fingerprint density at radius 3 is 2.64 bits per heavy atom. The van der Waals surface area contributed by atoms with Crippen molar-refractivity contribution in [1.29, 1.82) is 0 Å². The molecule has 4 rings (SSSR count). The van der Waals surface area contributed by atoms with Gasteiger partial charge in [-0.15, -0.1) is 11.3 Å². The van der Waals surface area contributed by atoms with Crippen LogP contribution in [-0.4, -0.2) is 36.3 Å². The number of nitrogens with one attached hydrogen (secondary N) is 1. The Morgan fingerprint density at radius 1 is 1.06 bits per heavy atom. The Hall–Kier alpha value is -3.12. The first kappa shape index (κ1) is 23.1. The van der Waals surface area contributed by atoms with Crippen molar-refractivity contribution in [3.8, 4) is 5.75 Å². The summed E-state index contributed by atoms with van der Waals surface area (Å²) in [4.78, 5) is 28.6. The average Bonchev–Trinajstić information content (AvgIpc) is 3.36. The number of carbonyl (C=O) groups is 2. The highest BCUT2D eigenvalue weighted by molar-refractivity contribution is 7.09. The number of rotatable bonds is 8. The summed E-state index contributed by atoms with van der Waals surface area (Å²) in [6.45, 7) is 4.37. The van der Waals surface area contributed by atoms with Gasteiger partial charge in [0.1, 0.15) is 12.4 Å². The molecular formula is C27H30N2O3S. The van der Waals surface area contributed by atoms with Gasteiger partial charge in [-0.05, 0) is 61.4 Å². The van der Waals surface area contributed by atoms with Crippen molar-refractivity contribution in [3.05, 3.63) is 87.6 Å². The molecule has 0 unspecified atom stereocenters. The van der Waals surface area contributed by atoms with Crippen molar-refractivity contribution >= 4 is 23.2 Å². The van der Waals surface area contributed by atoms with E-state index in [1.165, 1.54) is 10.4 Å². The van der Waals surface area contributed by atoms with Crippen molar-refractivity contribution in [1.82, 2.24) is 10.2 Å². The Kier molecular flexibility index (Phi) is 7.79. The highest BCUT2D eigenvalue weighted by Crippen LogP contribution is 2.22. The van der Waals surface area contributed by atoms with E-state index in [9.17, 15) is 9.59 Å². The van der Waals surface area contributed by atoms with E-state index in [0.717, 1.165) is 12.0 Å². The highest BCUT2D eigenvalue weighted by atomic mass is 32.1. The zero-order valence-electron chi connectivity index (χ0n) is 19.0. The van der Waals surface area contributed by atoms with E-state index >= 15 is 0 Å². The van der Waals surface area contributed by atoms with Gasteiger partial charge in [0.15, 0.2) is 0 Å². The van der Waals surface area contributed by atoms with E-state index in [1.807, 2.05) is 47.4 Å². The van der Waals surface area contributed by atoms with Crippen LogP contribution in [0.5, 0.6) is 5.75 Å². The summed E-state index contributed by atoms with van der Waals surface area (Å²) in [5, 5.41) is 5.10. The number of likely N-dealkylation sites (tertiary alicyclic amines) is 1. The highest BCUT2D eigenvalue weighted by Gasteiger charge is 2.27. The SMILES string of the molecule is Cc1cccc(COc2cccc(C(=O)N3CCC(C(=O)NCCc4cccs4)CC3)c2)c1. The van der Waals surface area contributed by atoms with Gasteiger partial charge in [-0.3, -0.25) is 9.59 Å². The lowest BCUT2D eigenvalue weighted by atomic mass is 9.95. The van der Waals surface area contributed by atoms with Gasteiger partial charge in [0, 0.05) is 36.0 Å². The molecule has 2 aromatic carbocycles. The van der Waals surface area contributed by atoms with E-state index in [4.69, 9.17) is 4.74 Å². The Balaban J connectivity index is 1.25. The third-order valence-electron chi connectivity index (χ3n) is 5.97. The molecule has 0 saturated carbocycles. The van der Waals surface area contributed by atoms with Gasteiger partial charge in [-0.25, -0.2) is 0 Å². The quantitative estimate of drug-likeness (QED) is 0.521. The summed E-state index contributed by atoms with van der Waals surface area (Å²) in [6, 6.07) is 19.7. The number of aryl methyl sites for hydroxylation is 1. The van der Waals surface area contributed by atoms with Crippen LogP contribution in [0, 0.1) is 12.8 Å². The number of thiophene rings is 1. The largest absolute Gasteiger partial charge is 0.489 e. The predicted octanol–water partition coefficient (Wildman–Crippen LogP) is 4.85. The summed E-state index contributed by atoms with van der Waals surface area (Å²) in [7, 11) is 0. The lowest BCUT2D eigenvalue weighted by molar-refractivity contribution is -0.126. The van der Waals surface area contributed by atoms with E-state index in [-0.39, 0.29) is 17.7 Å². The fourth-order valence-electron chi connectivity index (χ4n) is 4.12. The second-order valence-corrected chi connectivity index (χ2v) is 9.52. The molecule has 172 valence electrons. The smallest absolute Gasteiger partial charge is 0.253 e. The van der Waals surface area contributed by atoms with Crippen molar-refractivity contribution in [3.63, 3.8) is 0 Å². The number of carbonyl (C=O) groups excluding carboxylic acids is 2. The maximum absolute atomic E-state index is 13.0. The number of nitrogens with zero attached hydrogens (tertiary/aromatic N) is 1. The van der Waals surface area contributed by atoms with Gasteiger partial charge in [-0.2, -0.15) is 0 Å². The van der Waals surface area contributed by atoms with Crippen LogP contribution >= 0.6 is 11.3 Å². The molecule has 6 heteroatoms. The minimum atomic E-state index is -0.0265. The molecule has 1 aromatic heterocycles. The van der Waals surface area contributed by atoms with Gasteiger partial charge < -0.3 is 15.0 Å². The molecule has 5 nitrogen and oxygen atoms in total. The summed E-state index contributed by atoms with van der Waals surface area (Å²) >= 11 is 1.71. The topological polar surface area (TPSA) is 58.6 Å².